The van der Waals surface area contributed by atoms with Crippen molar-refractivity contribution in [3.05, 3.63) is 36.3 Å². The molecule has 0 fully saturated rings. The first-order valence-electron chi connectivity index (χ1n) is 4.98. The van der Waals surface area contributed by atoms with Crippen LogP contribution in [0.15, 0.2) is 34.0 Å². The van der Waals surface area contributed by atoms with Crippen molar-refractivity contribution >= 4 is 11.8 Å². The van der Waals surface area contributed by atoms with Crippen molar-refractivity contribution in [2.24, 2.45) is 0 Å². The minimum atomic E-state index is 0.890. The minimum absolute atomic E-state index is 0.890. The van der Waals surface area contributed by atoms with Gasteiger partial charge >= 0.3 is 0 Å². The van der Waals surface area contributed by atoms with E-state index in [0.29, 0.717) is 0 Å². The van der Waals surface area contributed by atoms with Crippen LogP contribution >= 0.6 is 11.8 Å². The number of nitrogens with zero attached hydrogens (tertiary/aromatic N) is 2. The van der Waals surface area contributed by atoms with Gasteiger partial charge < -0.3 is 8.98 Å². The van der Waals surface area contributed by atoms with Crippen LogP contribution in [0.3, 0.4) is 0 Å². The fourth-order valence-electron chi connectivity index (χ4n) is 1.43. The smallest absolute Gasteiger partial charge is 0.119 e. The van der Waals surface area contributed by atoms with Crippen LogP contribution < -0.4 is 0 Å². The number of imidazole rings is 1. The molecule has 0 N–H and O–H groups in total. The van der Waals surface area contributed by atoms with Gasteiger partial charge in [-0.05, 0) is 19.9 Å². The Bertz CT molecular complexity index is 433. The monoisotopic (exact) mass is 222 g/mol. The van der Waals surface area contributed by atoms with Gasteiger partial charge in [-0.25, -0.2) is 4.98 Å². The van der Waals surface area contributed by atoms with Crippen LogP contribution in [0.2, 0.25) is 0 Å². The Kier molecular flexibility index (Phi) is 3.16. The number of rotatable bonds is 4. The van der Waals surface area contributed by atoms with E-state index >= 15 is 0 Å². The van der Waals surface area contributed by atoms with Gasteiger partial charge in [0.2, 0.25) is 0 Å². The standard InChI is InChI=1S/C11H14N2OS/c1-3-13-6-5-12-11(13)8-15-10-4-7-14-9(10)2/h4-7H,3,8H2,1-2H3. The molecule has 0 atom stereocenters. The molecule has 3 nitrogen and oxygen atoms in total. The summed E-state index contributed by atoms with van der Waals surface area (Å²) in [7, 11) is 0. The maximum absolute atomic E-state index is 5.24. The minimum Gasteiger partial charge on any atom is -0.468 e. The van der Waals surface area contributed by atoms with Gasteiger partial charge in [0.25, 0.3) is 0 Å². The summed E-state index contributed by atoms with van der Waals surface area (Å²) in [5.41, 5.74) is 0. The van der Waals surface area contributed by atoms with Crippen molar-refractivity contribution in [3.8, 4) is 0 Å². The highest BCUT2D eigenvalue weighted by Gasteiger charge is 2.05. The summed E-state index contributed by atoms with van der Waals surface area (Å²) in [5.74, 6) is 2.99. The lowest BCUT2D eigenvalue weighted by molar-refractivity contribution is 0.527. The summed E-state index contributed by atoms with van der Waals surface area (Å²) in [5, 5.41) is 0. The van der Waals surface area contributed by atoms with E-state index in [1.807, 2.05) is 25.4 Å². The van der Waals surface area contributed by atoms with Crippen LogP contribution in [0.4, 0.5) is 0 Å². The molecule has 2 aromatic rings. The van der Waals surface area contributed by atoms with Crippen molar-refractivity contribution < 1.29 is 4.42 Å². The van der Waals surface area contributed by atoms with Gasteiger partial charge in [-0.1, -0.05) is 0 Å². The largest absolute Gasteiger partial charge is 0.468 e. The second kappa shape index (κ2) is 4.57. The molecule has 0 aliphatic rings. The van der Waals surface area contributed by atoms with Crippen LogP contribution in [0.1, 0.15) is 18.5 Å². The quantitative estimate of drug-likeness (QED) is 0.745. The number of aryl methyl sites for hydroxylation is 2. The summed E-state index contributed by atoms with van der Waals surface area (Å²) in [6.07, 6.45) is 5.59. The molecule has 4 heteroatoms. The van der Waals surface area contributed by atoms with Gasteiger partial charge in [0.15, 0.2) is 0 Å². The lowest BCUT2D eigenvalue weighted by Crippen LogP contribution is -1.98. The van der Waals surface area contributed by atoms with Crippen molar-refractivity contribution in [1.29, 1.82) is 0 Å². The zero-order valence-corrected chi connectivity index (χ0v) is 9.75. The molecule has 0 aliphatic carbocycles. The summed E-state index contributed by atoms with van der Waals surface area (Å²) >= 11 is 1.76. The Hall–Kier alpha value is -1.16. The van der Waals surface area contributed by atoms with Crippen molar-refractivity contribution in [2.45, 2.75) is 31.0 Å². The third-order valence-electron chi connectivity index (χ3n) is 2.31. The normalized spacial score (nSPS) is 10.8. The molecule has 0 amide bonds. The molecule has 80 valence electrons. The molecule has 15 heavy (non-hydrogen) atoms. The molecule has 0 aliphatic heterocycles. The average molecular weight is 222 g/mol. The van der Waals surface area contributed by atoms with Crippen LogP contribution in [0, 0.1) is 6.92 Å². The average Bonchev–Trinajstić information content (AvgIpc) is 2.83. The predicted molar refractivity (Wildman–Crippen MR) is 60.9 cm³/mol. The fourth-order valence-corrected chi connectivity index (χ4v) is 2.36. The topological polar surface area (TPSA) is 31.0 Å². The lowest BCUT2D eigenvalue weighted by Gasteiger charge is -2.03. The molecule has 0 aromatic carbocycles. The summed E-state index contributed by atoms with van der Waals surface area (Å²) in [6.45, 7) is 5.08. The van der Waals surface area contributed by atoms with Crippen LogP contribution in [0.25, 0.3) is 0 Å². The second-order valence-electron chi connectivity index (χ2n) is 3.26. The Morgan fingerprint density at radius 2 is 2.40 bits per heavy atom. The molecule has 0 spiro atoms. The number of furan rings is 1. The first kappa shape index (κ1) is 10.4. The van der Waals surface area contributed by atoms with Crippen molar-refractivity contribution in [3.63, 3.8) is 0 Å². The van der Waals surface area contributed by atoms with E-state index in [-0.39, 0.29) is 0 Å². The van der Waals surface area contributed by atoms with Gasteiger partial charge in [-0.2, -0.15) is 0 Å². The van der Waals surface area contributed by atoms with Crippen LogP contribution in [-0.2, 0) is 12.3 Å². The number of hydrogen-bond acceptors (Lipinski definition) is 3. The summed E-state index contributed by atoms with van der Waals surface area (Å²) < 4.78 is 7.40. The van der Waals surface area contributed by atoms with Crippen LogP contribution in [-0.4, -0.2) is 9.55 Å². The molecule has 2 rings (SSSR count). The van der Waals surface area contributed by atoms with E-state index in [1.165, 1.54) is 4.90 Å². The lowest BCUT2D eigenvalue weighted by atomic mass is 10.5. The number of hydrogen-bond donors (Lipinski definition) is 0. The molecule has 0 saturated heterocycles. The maximum atomic E-state index is 5.24. The molecule has 2 heterocycles. The molecule has 0 saturated carbocycles. The second-order valence-corrected chi connectivity index (χ2v) is 4.28. The Morgan fingerprint density at radius 3 is 3.07 bits per heavy atom. The highest BCUT2D eigenvalue weighted by Crippen LogP contribution is 2.25. The van der Waals surface area contributed by atoms with E-state index < -0.39 is 0 Å². The fraction of sp³-hybridized carbons (Fsp3) is 0.364. The first-order chi connectivity index (χ1) is 7.31. The van der Waals surface area contributed by atoms with Crippen molar-refractivity contribution in [2.75, 3.05) is 0 Å². The third kappa shape index (κ3) is 2.26. The zero-order chi connectivity index (χ0) is 10.7. The Morgan fingerprint density at radius 1 is 1.53 bits per heavy atom. The van der Waals surface area contributed by atoms with Gasteiger partial charge in [0.05, 0.1) is 12.0 Å². The molecule has 2 aromatic heterocycles. The van der Waals surface area contributed by atoms with E-state index in [0.717, 1.165) is 23.9 Å². The van der Waals surface area contributed by atoms with Crippen LogP contribution in [0.5, 0.6) is 0 Å². The summed E-state index contributed by atoms with van der Waals surface area (Å²) in [6, 6.07) is 2.00. The molecule has 0 radical (unpaired) electrons. The molecular weight excluding hydrogens is 208 g/mol. The Balaban J connectivity index is 2.02. The molecular formula is C11H14N2OS. The van der Waals surface area contributed by atoms with E-state index in [1.54, 1.807) is 18.0 Å². The van der Waals surface area contributed by atoms with Gasteiger partial charge in [-0.3, -0.25) is 0 Å². The Labute approximate surface area is 93.5 Å². The van der Waals surface area contributed by atoms with E-state index in [4.69, 9.17) is 4.42 Å². The molecule has 0 unspecified atom stereocenters. The van der Waals surface area contributed by atoms with Gasteiger partial charge in [0.1, 0.15) is 11.6 Å². The number of aromatic nitrogens is 2. The summed E-state index contributed by atoms with van der Waals surface area (Å²) in [4.78, 5) is 5.52. The first-order valence-corrected chi connectivity index (χ1v) is 5.96. The third-order valence-corrected chi connectivity index (χ3v) is 3.45. The van der Waals surface area contributed by atoms with E-state index in [2.05, 4.69) is 16.5 Å². The predicted octanol–water partition coefficient (Wildman–Crippen LogP) is 3.10. The van der Waals surface area contributed by atoms with Gasteiger partial charge in [0, 0.05) is 23.8 Å². The maximum Gasteiger partial charge on any atom is 0.119 e. The van der Waals surface area contributed by atoms with E-state index in [9.17, 15) is 0 Å². The van der Waals surface area contributed by atoms with Crippen molar-refractivity contribution in [1.82, 2.24) is 9.55 Å². The van der Waals surface area contributed by atoms with Gasteiger partial charge in [-0.15, -0.1) is 11.8 Å². The molecule has 0 bridgehead atoms. The zero-order valence-electron chi connectivity index (χ0n) is 8.93. The number of thioether (sulfide) groups is 1. The highest BCUT2D eigenvalue weighted by molar-refractivity contribution is 7.98. The highest BCUT2D eigenvalue weighted by atomic mass is 32.2. The SMILES string of the molecule is CCn1ccnc1CSc1ccoc1C.